The van der Waals surface area contributed by atoms with E-state index >= 15 is 0 Å². The summed E-state index contributed by atoms with van der Waals surface area (Å²) in [4.78, 5) is 25.1. The van der Waals surface area contributed by atoms with Gasteiger partial charge in [0.2, 0.25) is 11.8 Å². The Morgan fingerprint density at radius 1 is 1.21 bits per heavy atom. The molecule has 0 radical (unpaired) electrons. The van der Waals surface area contributed by atoms with E-state index in [0.717, 1.165) is 6.42 Å². The number of halogens is 1. The molecule has 0 bridgehead atoms. The molecule has 0 aliphatic heterocycles. The van der Waals surface area contributed by atoms with Gasteiger partial charge in [-0.15, -0.1) is 0 Å². The van der Waals surface area contributed by atoms with E-state index in [1.807, 2.05) is 13.8 Å². The van der Waals surface area contributed by atoms with Crippen LogP contribution in [0.3, 0.4) is 0 Å². The van der Waals surface area contributed by atoms with Crippen LogP contribution in [-0.2, 0) is 9.59 Å². The SMILES string of the molecule is CCC(C)NC(=O)C1(C(=O)Nc2cc(OC)c(Cl)cc2OC)CC1. The number of carbonyl (C=O) groups excluding carboxylic acids is 2. The fraction of sp³-hybridized carbons (Fsp3) is 0.529. The highest BCUT2D eigenvalue weighted by molar-refractivity contribution is 6.32. The third kappa shape index (κ3) is 3.59. The molecule has 0 aromatic heterocycles. The molecule has 0 saturated heterocycles. The number of nitrogens with one attached hydrogen (secondary N) is 2. The lowest BCUT2D eigenvalue weighted by molar-refractivity contribution is -0.134. The lowest BCUT2D eigenvalue weighted by Crippen LogP contribution is -2.43. The molecule has 1 saturated carbocycles. The van der Waals surface area contributed by atoms with E-state index in [-0.39, 0.29) is 17.9 Å². The molecule has 24 heavy (non-hydrogen) atoms. The van der Waals surface area contributed by atoms with Gasteiger partial charge in [0.05, 0.1) is 24.9 Å². The first-order chi connectivity index (χ1) is 11.4. The van der Waals surface area contributed by atoms with Crippen LogP contribution >= 0.6 is 11.6 Å². The molecule has 132 valence electrons. The van der Waals surface area contributed by atoms with Crippen LogP contribution in [-0.4, -0.2) is 32.1 Å². The third-order valence-electron chi connectivity index (χ3n) is 4.33. The Hall–Kier alpha value is -1.95. The lowest BCUT2D eigenvalue weighted by atomic mass is 10.0. The van der Waals surface area contributed by atoms with Crippen molar-refractivity contribution < 1.29 is 19.1 Å². The number of hydrogen-bond donors (Lipinski definition) is 2. The zero-order valence-corrected chi connectivity index (χ0v) is 15.1. The van der Waals surface area contributed by atoms with Crippen molar-refractivity contribution in [3.05, 3.63) is 17.2 Å². The molecule has 1 aromatic carbocycles. The van der Waals surface area contributed by atoms with Crippen LogP contribution in [0.1, 0.15) is 33.1 Å². The lowest BCUT2D eigenvalue weighted by Gasteiger charge is -2.19. The van der Waals surface area contributed by atoms with E-state index in [4.69, 9.17) is 21.1 Å². The minimum Gasteiger partial charge on any atom is -0.495 e. The van der Waals surface area contributed by atoms with Gasteiger partial charge in [-0.3, -0.25) is 9.59 Å². The topological polar surface area (TPSA) is 76.7 Å². The maximum absolute atomic E-state index is 12.7. The first-order valence-corrected chi connectivity index (χ1v) is 8.29. The predicted octanol–water partition coefficient (Wildman–Crippen LogP) is 2.99. The van der Waals surface area contributed by atoms with Crippen molar-refractivity contribution in [2.45, 2.75) is 39.2 Å². The second-order valence-electron chi connectivity index (χ2n) is 6.01. The van der Waals surface area contributed by atoms with Gasteiger partial charge in [-0.1, -0.05) is 18.5 Å². The Morgan fingerprint density at radius 3 is 2.33 bits per heavy atom. The van der Waals surface area contributed by atoms with Crippen LogP contribution in [0.5, 0.6) is 11.5 Å². The quantitative estimate of drug-likeness (QED) is 0.738. The number of hydrogen-bond acceptors (Lipinski definition) is 4. The van der Waals surface area contributed by atoms with Crippen molar-refractivity contribution in [3.63, 3.8) is 0 Å². The summed E-state index contributed by atoms with van der Waals surface area (Å²) in [5, 5.41) is 6.04. The van der Waals surface area contributed by atoms with E-state index in [2.05, 4.69) is 10.6 Å². The molecule has 1 atom stereocenters. The molecule has 1 unspecified atom stereocenters. The summed E-state index contributed by atoms with van der Waals surface area (Å²) < 4.78 is 10.4. The predicted molar refractivity (Wildman–Crippen MR) is 92.7 cm³/mol. The Labute approximate surface area is 146 Å². The van der Waals surface area contributed by atoms with E-state index in [9.17, 15) is 9.59 Å². The van der Waals surface area contributed by atoms with Gasteiger partial charge in [0, 0.05) is 18.2 Å². The van der Waals surface area contributed by atoms with Crippen LogP contribution < -0.4 is 20.1 Å². The minimum absolute atomic E-state index is 0.0351. The molecule has 0 heterocycles. The van der Waals surface area contributed by atoms with E-state index < -0.39 is 5.41 Å². The zero-order valence-electron chi connectivity index (χ0n) is 14.4. The smallest absolute Gasteiger partial charge is 0.240 e. The zero-order chi connectivity index (χ0) is 17.9. The Bertz CT molecular complexity index is 644. The summed E-state index contributed by atoms with van der Waals surface area (Å²) in [6.45, 7) is 3.90. The molecule has 1 aromatic rings. The highest BCUT2D eigenvalue weighted by Gasteiger charge is 2.56. The number of amides is 2. The van der Waals surface area contributed by atoms with Crippen molar-refractivity contribution in [1.29, 1.82) is 0 Å². The molecule has 1 aliphatic carbocycles. The average molecular weight is 355 g/mol. The normalized spacial score (nSPS) is 16.0. The average Bonchev–Trinajstić information content (AvgIpc) is 3.37. The van der Waals surface area contributed by atoms with E-state index in [1.54, 1.807) is 12.1 Å². The summed E-state index contributed by atoms with van der Waals surface area (Å²) in [5.74, 6) is 0.258. The van der Waals surface area contributed by atoms with E-state index in [0.29, 0.717) is 35.1 Å². The van der Waals surface area contributed by atoms with Crippen molar-refractivity contribution in [1.82, 2.24) is 5.32 Å². The Kier molecular flexibility index (Phi) is 5.59. The van der Waals surface area contributed by atoms with Crippen molar-refractivity contribution in [2.75, 3.05) is 19.5 Å². The minimum atomic E-state index is -0.999. The maximum Gasteiger partial charge on any atom is 0.240 e. The van der Waals surface area contributed by atoms with Gasteiger partial charge < -0.3 is 20.1 Å². The summed E-state index contributed by atoms with van der Waals surface area (Å²) >= 11 is 6.06. The van der Waals surface area contributed by atoms with Gasteiger partial charge in [-0.2, -0.15) is 0 Å². The molecule has 7 heteroatoms. The molecule has 6 nitrogen and oxygen atoms in total. The van der Waals surface area contributed by atoms with Crippen LogP contribution in [0, 0.1) is 5.41 Å². The molecule has 1 fully saturated rings. The van der Waals surface area contributed by atoms with Gasteiger partial charge in [-0.05, 0) is 26.2 Å². The van der Waals surface area contributed by atoms with Gasteiger partial charge >= 0.3 is 0 Å². The number of ether oxygens (including phenoxy) is 2. The van der Waals surface area contributed by atoms with Crippen molar-refractivity contribution in [3.8, 4) is 11.5 Å². The summed E-state index contributed by atoms with van der Waals surface area (Å²) in [6.07, 6.45) is 1.88. The van der Waals surface area contributed by atoms with Crippen molar-refractivity contribution >= 4 is 29.1 Å². The molecule has 2 rings (SSSR count). The highest BCUT2D eigenvalue weighted by atomic mass is 35.5. The Morgan fingerprint density at radius 2 is 1.83 bits per heavy atom. The number of carbonyl (C=O) groups is 2. The van der Waals surface area contributed by atoms with Crippen LogP contribution in [0.4, 0.5) is 5.69 Å². The number of methoxy groups -OCH3 is 2. The van der Waals surface area contributed by atoms with Crippen LogP contribution in [0.25, 0.3) is 0 Å². The van der Waals surface area contributed by atoms with Gasteiger partial charge in [0.15, 0.2) is 0 Å². The second kappa shape index (κ2) is 7.30. The number of anilines is 1. The number of benzene rings is 1. The molecular weight excluding hydrogens is 332 g/mol. The van der Waals surface area contributed by atoms with Gasteiger partial charge in [-0.25, -0.2) is 0 Å². The second-order valence-corrected chi connectivity index (χ2v) is 6.41. The van der Waals surface area contributed by atoms with Gasteiger partial charge in [0.1, 0.15) is 16.9 Å². The summed E-state index contributed by atoms with van der Waals surface area (Å²) in [5.41, 5.74) is -0.576. The van der Waals surface area contributed by atoms with Crippen LogP contribution in [0.2, 0.25) is 5.02 Å². The standard InChI is InChI=1S/C17H23ClN2O4/c1-5-10(2)19-15(21)17(6-7-17)16(22)20-12-9-13(23-3)11(18)8-14(12)24-4/h8-10H,5-7H2,1-4H3,(H,19,21)(H,20,22). The fourth-order valence-corrected chi connectivity index (χ4v) is 2.58. The van der Waals surface area contributed by atoms with Crippen molar-refractivity contribution in [2.24, 2.45) is 5.41 Å². The summed E-state index contributed by atoms with van der Waals surface area (Å²) in [6, 6.07) is 3.18. The molecular formula is C17H23ClN2O4. The molecule has 1 aliphatic rings. The molecule has 2 amide bonds. The monoisotopic (exact) mass is 354 g/mol. The van der Waals surface area contributed by atoms with E-state index in [1.165, 1.54) is 14.2 Å². The number of rotatable bonds is 7. The maximum atomic E-state index is 12.7. The fourth-order valence-electron chi connectivity index (χ4n) is 2.35. The summed E-state index contributed by atoms with van der Waals surface area (Å²) in [7, 11) is 2.97. The first-order valence-electron chi connectivity index (χ1n) is 7.92. The van der Waals surface area contributed by atoms with Gasteiger partial charge in [0.25, 0.3) is 0 Å². The third-order valence-corrected chi connectivity index (χ3v) is 4.63. The Balaban J connectivity index is 2.19. The molecule has 2 N–H and O–H groups in total. The van der Waals surface area contributed by atoms with Crippen LogP contribution in [0.15, 0.2) is 12.1 Å². The molecule has 0 spiro atoms. The largest absolute Gasteiger partial charge is 0.495 e. The first kappa shape index (κ1) is 18.4. The highest BCUT2D eigenvalue weighted by Crippen LogP contribution is 2.47.